The summed E-state index contributed by atoms with van der Waals surface area (Å²) in [5.41, 5.74) is 1.11. The molecule has 0 heterocycles. The summed E-state index contributed by atoms with van der Waals surface area (Å²) in [6, 6.07) is 10.6. The lowest BCUT2D eigenvalue weighted by molar-refractivity contribution is 0.101. The third-order valence-corrected chi connectivity index (χ3v) is 6.35. The molecule has 7 nitrogen and oxygen atoms in total. The Morgan fingerprint density at radius 3 is 2.14 bits per heavy atom. The van der Waals surface area contributed by atoms with Gasteiger partial charge in [0.05, 0.1) is 17.6 Å². The van der Waals surface area contributed by atoms with Gasteiger partial charge < -0.3 is 10.1 Å². The number of nitrogens with zero attached hydrogens (tertiary/aromatic N) is 1. The lowest BCUT2D eigenvalue weighted by Crippen LogP contribution is -2.30. The maximum absolute atomic E-state index is 12.7. The number of amides is 1. The monoisotopic (exact) mass is 404 g/mol. The summed E-state index contributed by atoms with van der Waals surface area (Å²) in [5.74, 6) is -0.325. The summed E-state index contributed by atoms with van der Waals surface area (Å²) >= 11 is 0. The summed E-state index contributed by atoms with van der Waals surface area (Å²) in [7, 11) is -2.30. The number of anilines is 1. The molecule has 2 rings (SSSR count). The highest BCUT2D eigenvalue weighted by atomic mass is 32.2. The maximum Gasteiger partial charge on any atom is 0.259 e. The van der Waals surface area contributed by atoms with Crippen molar-refractivity contribution in [2.45, 2.75) is 25.7 Å². The van der Waals surface area contributed by atoms with Gasteiger partial charge in [-0.25, -0.2) is 8.42 Å². The molecule has 28 heavy (non-hydrogen) atoms. The number of nitrogens with one attached hydrogen (secondary N) is 1. The van der Waals surface area contributed by atoms with Crippen LogP contribution in [0.25, 0.3) is 0 Å². The first-order valence-electron chi connectivity index (χ1n) is 8.85. The number of sulfonamides is 1. The summed E-state index contributed by atoms with van der Waals surface area (Å²) in [4.78, 5) is 24.1. The molecule has 2 aromatic carbocycles. The molecule has 2 aromatic rings. The van der Waals surface area contributed by atoms with E-state index < -0.39 is 15.9 Å². The zero-order valence-corrected chi connectivity index (χ0v) is 17.2. The summed E-state index contributed by atoms with van der Waals surface area (Å²) in [6.07, 6.45) is 0. The second kappa shape index (κ2) is 8.99. The quantitative estimate of drug-likeness (QED) is 0.682. The number of carbonyl (C=O) groups is 2. The van der Waals surface area contributed by atoms with E-state index in [1.807, 2.05) is 0 Å². The normalized spacial score (nSPS) is 11.3. The molecule has 0 spiro atoms. The second-order valence-electron chi connectivity index (χ2n) is 6.04. The zero-order valence-electron chi connectivity index (χ0n) is 16.4. The Labute approximate surface area is 165 Å². The van der Waals surface area contributed by atoms with E-state index in [9.17, 15) is 18.0 Å². The summed E-state index contributed by atoms with van der Waals surface area (Å²) < 4.78 is 32.0. The first-order chi connectivity index (χ1) is 13.2. The van der Waals surface area contributed by atoms with E-state index >= 15 is 0 Å². The molecule has 0 aromatic heterocycles. The molecule has 150 valence electrons. The molecule has 0 aliphatic carbocycles. The third kappa shape index (κ3) is 4.58. The number of ether oxygens (including phenoxy) is 1. The number of Topliss-reactive ketones (excluding diaryl/α,β-unsaturated/α-hetero) is 1. The predicted molar refractivity (Wildman–Crippen MR) is 108 cm³/mol. The van der Waals surface area contributed by atoms with Crippen LogP contribution in [-0.4, -0.2) is 44.6 Å². The van der Waals surface area contributed by atoms with Crippen molar-refractivity contribution in [3.05, 3.63) is 53.6 Å². The number of carbonyl (C=O) groups excluding carboxylic acids is 2. The minimum absolute atomic E-state index is 0.0223. The van der Waals surface area contributed by atoms with Gasteiger partial charge in [0.25, 0.3) is 5.91 Å². The molecule has 0 bridgehead atoms. The molecule has 0 unspecified atom stereocenters. The third-order valence-electron chi connectivity index (χ3n) is 4.31. The minimum Gasteiger partial charge on any atom is -0.496 e. The molecule has 0 radical (unpaired) electrons. The van der Waals surface area contributed by atoms with E-state index in [2.05, 4.69) is 5.32 Å². The first kappa shape index (κ1) is 21.6. The average Bonchev–Trinajstić information content (AvgIpc) is 2.68. The number of rotatable bonds is 8. The van der Waals surface area contributed by atoms with Crippen LogP contribution < -0.4 is 10.1 Å². The van der Waals surface area contributed by atoms with E-state index in [0.29, 0.717) is 24.3 Å². The molecule has 1 amide bonds. The van der Waals surface area contributed by atoms with Gasteiger partial charge in [0, 0.05) is 24.3 Å². The highest BCUT2D eigenvalue weighted by Crippen LogP contribution is 2.25. The maximum atomic E-state index is 12.7. The fraction of sp³-hybridized carbons (Fsp3) is 0.300. The van der Waals surface area contributed by atoms with Crippen LogP contribution >= 0.6 is 0 Å². The van der Waals surface area contributed by atoms with E-state index in [0.717, 1.165) is 0 Å². The van der Waals surface area contributed by atoms with Crippen molar-refractivity contribution >= 4 is 27.4 Å². The first-order valence-corrected chi connectivity index (χ1v) is 10.3. The van der Waals surface area contributed by atoms with Crippen LogP contribution in [0, 0.1) is 0 Å². The van der Waals surface area contributed by atoms with Crippen LogP contribution in [0.1, 0.15) is 41.5 Å². The second-order valence-corrected chi connectivity index (χ2v) is 7.98. The number of hydrogen-bond donors (Lipinski definition) is 1. The topological polar surface area (TPSA) is 92.8 Å². The van der Waals surface area contributed by atoms with Crippen LogP contribution in [0.3, 0.4) is 0 Å². The van der Waals surface area contributed by atoms with Crippen LogP contribution in [0.2, 0.25) is 0 Å². The number of ketones is 1. The van der Waals surface area contributed by atoms with Crippen molar-refractivity contribution in [3.8, 4) is 5.75 Å². The lowest BCUT2D eigenvalue weighted by atomic mass is 10.1. The Morgan fingerprint density at radius 2 is 1.64 bits per heavy atom. The van der Waals surface area contributed by atoms with Crippen molar-refractivity contribution in [3.63, 3.8) is 0 Å². The van der Waals surface area contributed by atoms with E-state index in [4.69, 9.17) is 4.74 Å². The molecule has 0 aliphatic rings. The molecule has 8 heteroatoms. The van der Waals surface area contributed by atoms with Gasteiger partial charge in [0.2, 0.25) is 10.0 Å². The predicted octanol–water partition coefficient (Wildman–Crippen LogP) is 3.18. The zero-order chi connectivity index (χ0) is 20.9. The van der Waals surface area contributed by atoms with Gasteiger partial charge in [-0.05, 0) is 49.4 Å². The molecule has 0 saturated carbocycles. The van der Waals surface area contributed by atoms with Gasteiger partial charge in [-0.3, -0.25) is 9.59 Å². The van der Waals surface area contributed by atoms with Crippen LogP contribution in [-0.2, 0) is 10.0 Å². The van der Waals surface area contributed by atoms with E-state index in [1.165, 1.54) is 36.5 Å². The molecule has 0 saturated heterocycles. The van der Waals surface area contributed by atoms with E-state index in [-0.39, 0.29) is 22.0 Å². The highest BCUT2D eigenvalue weighted by Gasteiger charge is 2.24. The molecule has 1 N–H and O–H groups in total. The smallest absolute Gasteiger partial charge is 0.259 e. The van der Waals surface area contributed by atoms with Crippen molar-refractivity contribution in [1.29, 1.82) is 0 Å². The van der Waals surface area contributed by atoms with Crippen LogP contribution in [0.5, 0.6) is 5.75 Å². The van der Waals surface area contributed by atoms with Crippen molar-refractivity contribution in [2.24, 2.45) is 0 Å². The van der Waals surface area contributed by atoms with Crippen molar-refractivity contribution in [2.75, 3.05) is 25.5 Å². The summed E-state index contributed by atoms with van der Waals surface area (Å²) in [5, 5.41) is 2.70. The number of hydrogen-bond acceptors (Lipinski definition) is 5. The minimum atomic E-state index is -3.71. The van der Waals surface area contributed by atoms with Crippen molar-refractivity contribution in [1.82, 2.24) is 4.31 Å². The molecular weight excluding hydrogens is 380 g/mol. The summed E-state index contributed by atoms with van der Waals surface area (Å²) in [6.45, 7) is 5.62. The van der Waals surface area contributed by atoms with Gasteiger partial charge in [0.1, 0.15) is 5.75 Å². The van der Waals surface area contributed by atoms with Gasteiger partial charge in [0.15, 0.2) is 5.78 Å². The van der Waals surface area contributed by atoms with Gasteiger partial charge >= 0.3 is 0 Å². The molecule has 0 aliphatic heterocycles. The Morgan fingerprint density at radius 1 is 1.04 bits per heavy atom. The molecular formula is C20H24N2O5S. The lowest BCUT2D eigenvalue weighted by Gasteiger charge is -2.19. The van der Waals surface area contributed by atoms with Gasteiger partial charge in [-0.1, -0.05) is 13.8 Å². The van der Waals surface area contributed by atoms with Crippen LogP contribution in [0.15, 0.2) is 47.4 Å². The number of benzene rings is 2. The van der Waals surface area contributed by atoms with Crippen molar-refractivity contribution < 1.29 is 22.7 Å². The fourth-order valence-corrected chi connectivity index (χ4v) is 4.21. The SMILES string of the molecule is CCN(CC)S(=O)(=O)c1ccc(OC)c(C(=O)Nc2ccc(C(C)=O)cc2)c1. The van der Waals surface area contributed by atoms with Gasteiger partial charge in [-0.15, -0.1) is 0 Å². The Kier molecular flexibility index (Phi) is 6.93. The number of methoxy groups -OCH3 is 1. The largest absolute Gasteiger partial charge is 0.496 e. The molecule has 0 atom stereocenters. The highest BCUT2D eigenvalue weighted by molar-refractivity contribution is 7.89. The molecule has 0 fully saturated rings. The Hall–Kier alpha value is -2.71. The Balaban J connectivity index is 2.37. The van der Waals surface area contributed by atoms with Gasteiger partial charge in [-0.2, -0.15) is 4.31 Å². The fourth-order valence-electron chi connectivity index (χ4n) is 2.72. The standard InChI is InChI=1S/C20H24N2O5S/c1-5-22(6-2)28(25,26)17-11-12-19(27-4)18(13-17)20(24)21-16-9-7-15(8-10-16)14(3)23/h7-13H,5-6H2,1-4H3,(H,21,24). The van der Waals surface area contributed by atoms with Crippen LogP contribution in [0.4, 0.5) is 5.69 Å². The Bertz CT molecular complexity index is 965. The average molecular weight is 404 g/mol. The van der Waals surface area contributed by atoms with E-state index in [1.54, 1.807) is 38.1 Å².